The molecule has 1 aromatic carbocycles. The van der Waals surface area contributed by atoms with E-state index in [-0.39, 0.29) is 0 Å². The van der Waals surface area contributed by atoms with Gasteiger partial charge in [-0.3, -0.25) is 4.90 Å². The van der Waals surface area contributed by atoms with Gasteiger partial charge in [0.25, 0.3) is 0 Å². The van der Waals surface area contributed by atoms with Crippen LogP contribution in [0, 0.1) is 0 Å². The lowest BCUT2D eigenvalue weighted by molar-refractivity contribution is 0.185. The van der Waals surface area contributed by atoms with Crippen molar-refractivity contribution in [2.24, 2.45) is 0 Å². The average Bonchev–Trinajstić information content (AvgIpc) is 2.33. The van der Waals surface area contributed by atoms with E-state index in [1.165, 1.54) is 43.5 Å². The fraction of sp³-hybridized carbons (Fsp3) is 0.571. The molecule has 0 aliphatic carbocycles. The molecule has 0 radical (unpaired) electrons. The van der Waals surface area contributed by atoms with Gasteiger partial charge in [0, 0.05) is 13.7 Å². The molecule has 1 aliphatic heterocycles. The molecular weight excluding hydrogens is 198 g/mol. The molecule has 0 spiro atoms. The number of piperidine rings is 1. The highest BCUT2D eigenvalue weighted by molar-refractivity contribution is 5.22. The monoisotopic (exact) mass is 219 g/mol. The summed E-state index contributed by atoms with van der Waals surface area (Å²) in [7, 11) is 1.74. The van der Waals surface area contributed by atoms with E-state index in [0.717, 1.165) is 6.54 Å². The minimum absolute atomic E-state index is 0.712. The smallest absolute Gasteiger partial charge is 0.0713 e. The molecule has 2 nitrogen and oxygen atoms in total. The van der Waals surface area contributed by atoms with Crippen molar-refractivity contribution in [3.63, 3.8) is 0 Å². The largest absolute Gasteiger partial charge is 0.380 e. The van der Waals surface area contributed by atoms with Crippen LogP contribution < -0.4 is 0 Å². The Morgan fingerprint density at radius 2 is 1.62 bits per heavy atom. The van der Waals surface area contributed by atoms with Gasteiger partial charge in [-0.25, -0.2) is 0 Å². The van der Waals surface area contributed by atoms with Crippen LogP contribution in [0.4, 0.5) is 0 Å². The predicted octanol–water partition coefficient (Wildman–Crippen LogP) is 2.82. The van der Waals surface area contributed by atoms with Gasteiger partial charge in [-0.1, -0.05) is 30.7 Å². The zero-order valence-corrected chi connectivity index (χ0v) is 10.1. The van der Waals surface area contributed by atoms with Crippen LogP contribution in [0.1, 0.15) is 30.4 Å². The van der Waals surface area contributed by atoms with E-state index in [9.17, 15) is 0 Å². The standard InChI is InChI=1S/C14H21NO/c1-16-12-14-7-5-13(6-8-14)11-15-9-3-2-4-10-15/h5-8H,2-4,9-12H2,1H3. The Balaban J connectivity index is 1.88. The van der Waals surface area contributed by atoms with Crippen LogP contribution in [0.25, 0.3) is 0 Å². The van der Waals surface area contributed by atoms with E-state index in [0.29, 0.717) is 6.61 Å². The van der Waals surface area contributed by atoms with Crippen LogP contribution in [-0.4, -0.2) is 25.1 Å². The predicted molar refractivity (Wildman–Crippen MR) is 66.3 cm³/mol. The molecule has 0 atom stereocenters. The third-order valence-corrected chi connectivity index (χ3v) is 3.19. The Bertz CT molecular complexity index is 301. The van der Waals surface area contributed by atoms with Crippen LogP contribution in [-0.2, 0) is 17.9 Å². The number of ether oxygens (including phenoxy) is 1. The molecule has 1 fully saturated rings. The second kappa shape index (κ2) is 6.02. The highest BCUT2D eigenvalue weighted by Crippen LogP contribution is 2.13. The molecule has 2 heteroatoms. The molecule has 1 aliphatic rings. The molecular formula is C14H21NO. The molecule has 1 aromatic rings. The molecule has 1 heterocycles. The molecule has 0 bridgehead atoms. The zero-order chi connectivity index (χ0) is 11.2. The van der Waals surface area contributed by atoms with Crippen molar-refractivity contribution >= 4 is 0 Å². The maximum atomic E-state index is 5.11. The Hall–Kier alpha value is -0.860. The van der Waals surface area contributed by atoms with E-state index < -0.39 is 0 Å². The minimum Gasteiger partial charge on any atom is -0.380 e. The van der Waals surface area contributed by atoms with Gasteiger partial charge in [0.05, 0.1) is 6.61 Å². The molecule has 0 unspecified atom stereocenters. The maximum Gasteiger partial charge on any atom is 0.0713 e. The highest BCUT2D eigenvalue weighted by atomic mass is 16.5. The van der Waals surface area contributed by atoms with E-state index in [1.54, 1.807) is 7.11 Å². The van der Waals surface area contributed by atoms with Crippen molar-refractivity contribution in [1.29, 1.82) is 0 Å². The average molecular weight is 219 g/mol. The molecule has 0 aromatic heterocycles. The van der Waals surface area contributed by atoms with Gasteiger partial charge in [-0.15, -0.1) is 0 Å². The first kappa shape index (κ1) is 11.6. The first-order valence-electron chi connectivity index (χ1n) is 6.17. The second-order valence-corrected chi connectivity index (χ2v) is 4.59. The summed E-state index contributed by atoms with van der Waals surface area (Å²) in [5.74, 6) is 0. The normalized spacial score (nSPS) is 17.6. The molecule has 88 valence electrons. The Labute approximate surface area is 98.2 Å². The van der Waals surface area contributed by atoms with Crippen molar-refractivity contribution < 1.29 is 4.74 Å². The van der Waals surface area contributed by atoms with E-state index >= 15 is 0 Å². The summed E-state index contributed by atoms with van der Waals surface area (Å²) in [5.41, 5.74) is 2.67. The van der Waals surface area contributed by atoms with Crippen LogP contribution in [0.5, 0.6) is 0 Å². The van der Waals surface area contributed by atoms with Crippen LogP contribution in [0.15, 0.2) is 24.3 Å². The lowest BCUT2D eigenvalue weighted by Crippen LogP contribution is -2.29. The molecule has 16 heavy (non-hydrogen) atoms. The number of methoxy groups -OCH3 is 1. The molecule has 2 rings (SSSR count). The number of nitrogens with zero attached hydrogens (tertiary/aromatic N) is 1. The molecule has 1 saturated heterocycles. The summed E-state index contributed by atoms with van der Waals surface area (Å²) in [6.07, 6.45) is 4.13. The lowest BCUT2D eigenvalue weighted by Gasteiger charge is -2.26. The lowest BCUT2D eigenvalue weighted by atomic mass is 10.1. The quantitative estimate of drug-likeness (QED) is 0.772. The Kier molecular flexibility index (Phi) is 4.37. The number of likely N-dealkylation sites (tertiary alicyclic amines) is 1. The molecule has 0 N–H and O–H groups in total. The fourth-order valence-corrected chi connectivity index (χ4v) is 2.28. The zero-order valence-electron chi connectivity index (χ0n) is 10.1. The van der Waals surface area contributed by atoms with Gasteiger partial charge < -0.3 is 4.74 Å². The van der Waals surface area contributed by atoms with Crippen molar-refractivity contribution in [3.05, 3.63) is 35.4 Å². The van der Waals surface area contributed by atoms with Crippen molar-refractivity contribution in [2.75, 3.05) is 20.2 Å². The Morgan fingerprint density at radius 1 is 1.00 bits per heavy atom. The summed E-state index contributed by atoms with van der Waals surface area (Å²) in [6.45, 7) is 4.34. The third-order valence-electron chi connectivity index (χ3n) is 3.19. The van der Waals surface area contributed by atoms with E-state index in [1.807, 2.05) is 0 Å². The molecule has 0 amide bonds. The van der Waals surface area contributed by atoms with Crippen LogP contribution in [0.3, 0.4) is 0 Å². The first-order valence-corrected chi connectivity index (χ1v) is 6.17. The summed E-state index contributed by atoms with van der Waals surface area (Å²) < 4.78 is 5.11. The van der Waals surface area contributed by atoms with Gasteiger partial charge in [0.15, 0.2) is 0 Å². The number of hydrogen-bond donors (Lipinski definition) is 0. The van der Waals surface area contributed by atoms with Gasteiger partial charge in [0.1, 0.15) is 0 Å². The minimum atomic E-state index is 0.712. The fourth-order valence-electron chi connectivity index (χ4n) is 2.28. The topological polar surface area (TPSA) is 12.5 Å². The van der Waals surface area contributed by atoms with Gasteiger partial charge >= 0.3 is 0 Å². The summed E-state index contributed by atoms with van der Waals surface area (Å²) >= 11 is 0. The summed E-state index contributed by atoms with van der Waals surface area (Å²) in [5, 5.41) is 0. The maximum absolute atomic E-state index is 5.11. The van der Waals surface area contributed by atoms with Crippen LogP contribution >= 0.6 is 0 Å². The van der Waals surface area contributed by atoms with E-state index in [2.05, 4.69) is 29.2 Å². The third kappa shape index (κ3) is 3.32. The Morgan fingerprint density at radius 3 is 2.25 bits per heavy atom. The summed E-state index contributed by atoms with van der Waals surface area (Å²) in [6, 6.07) is 8.79. The van der Waals surface area contributed by atoms with Gasteiger partial charge in [-0.05, 0) is 37.1 Å². The first-order chi connectivity index (χ1) is 7.88. The SMILES string of the molecule is COCc1ccc(CN2CCCCC2)cc1. The van der Waals surface area contributed by atoms with Crippen LogP contribution in [0.2, 0.25) is 0 Å². The van der Waals surface area contributed by atoms with Crippen molar-refractivity contribution in [1.82, 2.24) is 4.90 Å². The van der Waals surface area contributed by atoms with E-state index in [4.69, 9.17) is 4.74 Å². The molecule has 0 saturated carbocycles. The van der Waals surface area contributed by atoms with Gasteiger partial charge in [-0.2, -0.15) is 0 Å². The van der Waals surface area contributed by atoms with Crippen molar-refractivity contribution in [3.8, 4) is 0 Å². The second-order valence-electron chi connectivity index (χ2n) is 4.59. The number of rotatable bonds is 4. The summed E-state index contributed by atoms with van der Waals surface area (Å²) in [4.78, 5) is 2.55. The van der Waals surface area contributed by atoms with Crippen molar-refractivity contribution in [2.45, 2.75) is 32.4 Å². The number of hydrogen-bond acceptors (Lipinski definition) is 2. The highest BCUT2D eigenvalue weighted by Gasteiger charge is 2.09. The van der Waals surface area contributed by atoms with Gasteiger partial charge in [0.2, 0.25) is 0 Å². The number of benzene rings is 1.